The second kappa shape index (κ2) is 7.28. The van der Waals surface area contributed by atoms with E-state index in [-0.39, 0.29) is 0 Å². The number of aryl methyl sites for hydroxylation is 1. The van der Waals surface area contributed by atoms with Gasteiger partial charge >= 0.3 is 0 Å². The average Bonchev–Trinajstić information content (AvgIpc) is 2.53. The minimum Gasteiger partial charge on any atom is -0.496 e. The number of rotatable bonds is 6. The van der Waals surface area contributed by atoms with Gasteiger partial charge in [-0.1, -0.05) is 49.7 Å². The van der Waals surface area contributed by atoms with Gasteiger partial charge in [0.1, 0.15) is 5.75 Å². The third-order valence-corrected chi connectivity index (χ3v) is 3.84. The van der Waals surface area contributed by atoms with E-state index < -0.39 is 0 Å². The molecule has 0 spiro atoms. The zero-order valence-corrected chi connectivity index (χ0v) is 13.4. The Labute approximate surface area is 128 Å². The standard InChI is InChI=1S/C19H25NO/c1-5-18(20-6-2)16-10-8-15(9-11-16)17-13-14(3)7-12-19(17)21-4/h7-13,18,20H,5-6H2,1-4H3. The summed E-state index contributed by atoms with van der Waals surface area (Å²) in [6.45, 7) is 7.46. The monoisotopic (exact) mass is 283 g/mol. The third-order valence-electron chi connectivity index (χ3n) is 3.84. The van der Waals surface area contributed by atoms with Crippen LogP contribution in [-0.2, 0) is 0 Å². The summed E-state index contributed by atoms with van der Waals surface area (Å²) in [4.78, 5) is 0. The van der Waals surface area contributed by atoms with E-state index in [4.69, 9.17) is 4.74 Å². The lowest BCUT2D eigenvalue weighted by molar-refractivity contribution is 0.416. The minimum absolute atomic E-state index is 0.434. The molecule has 0 aromatic heterocycles. The first-order valence-corrected chi connectivity index (χ1v) is 7.68. The summed E-state index contributed by atoms with van der Waals surface area (Å²) >= 11 is 0. The summed E-state index contributed by atoms with van der Waals surface area (Å²) in [6, 6.07) is 15.5. The van der Waals surface area contributed by atoms with Crippen molar-refractivity contribution in [2.75, 3.05) is 13.7 Å². The van der Waals surface area contributed by atoms with Gasteiger partial charge in [0.25, 0.3) is 0 Å². The Kier molecular flexibility index (Phi) is 5.40. The van der Waals surface area contributed by atoms with Gasteiger partial charge in [-0.3, -0.25) is 0 Å². The molecule has 0 aliphatic rings. The first-order chi connectivity index (χ1) is 10.2. The SMILES string of the molecule is CCNC(CC)c1ccc(-c2cc(C)ccc2OC)cc1. The molecule has 0 aliphatic carbocycles. The molecular formula is C19H25NO. The molecule has 0 radical (unpaired) electrons. The average molecular weight is 283 g/mol. The number of hydrogen-bond donors (Lipinski definition) is 1. The van der Waals surface area contributed by atoms with Gasteiger partial charge in [-0.05, 0) is 43.1 Å². The summed E-state index contributed by atoms with van der Waals surface area (Å²) in [6.07, 6.45) is 1.10. The summed E-state index contributed by atoms with van der Waals surface area (Å²) in [5.41, 5.74) is 4.94. The second-order valence-electron chi connectivity index (χ2n) is 5.34. The summed E-state index contributed by atoms with van der Waals surface area (Å²) < 4.78 is 5.48. The van der Waals surface area contributed by atoms with Gasteiger partial charge < -0.3 is 10.1 Å². The topological polar surface area (TPSA) is 21.3 Å². The van der Waals surface area contributed by atoms with Gasteiger partial charge in [0.05, 0.1) is 7.11 Å². The predicted molar refractivity (Wildman–Crippen MR) is 89.9 cm³/mol. The maximum atomic E-state index is 5.48. The van der Waals surface area contributed by atoms with Gasteiger partial charge in [-0.25, -0.2) is 0 Å². The molecule has 0 bridgehead atoms. The summed E-state index contributed by atoms with van der Waals surface area (Å²) in [7, 11) is 1.72. The van der Waals surface area contributed by atoms with Crippen LogP contribution >= 0.6 is 0 Å². The van der Waals surface area contributed by atoms with Gasteiger partial charge in [0.15, 0.2) is 0 Å². The van der Waals surface area contributed by atoms with Crippen LogP contribution in [0.15, 0.2) is 42.5 Å². The highest BCUT2D eigenvalue weighted by atomic mass is 16.5. The van der Waals surface area contributed by atoms with Crippen LogP contribution in [0.3, 0.4) is 0 Å². The normalized spacial score (nSPS) is 12.2. The molecule has 0 saturated heterocycles. The van der Waals surface area contributed by atoms with Crippen molar-refractivity contribution in [3.63, 3.8) is 0 Å². The Morgan fingerprint density at radius 1 is 1.05 bits per heavy atom. The maximum absolute atomic E-state index is 5.48. The van der Waals surface area contributed by atoms with Crippen LogP contribution < -0.4 is 10.1 Å². The Balaban J connectivity index is 2.32. The number of ether oxygens (including phenoxy) is 1. The lowest BCUT2D eigenvalue weighted by Gasteiger charge is -2.17. The molecule has 2 aromatic carbocycles. The molecule has 1 N–H and O–H groups in total. The van der Waals surface area contributed by atoms with Crippen LogP contribution in [0.1, 0.15) is 37.4 Å². The highest BCUT2D eigenvalue weighted by Crippen LogP contribution is 2.31. The summed E-state index contributed by atoms with van der Waals surface area (Å²) in [5.74, 6) is 0.923. The van der Waals surface area contributed by atoms with Crippen LogP contribution in [0.4, 0.5) is 0 Å². The fourth-order valence-corrected chi connectivity index (χ4v) is 2.69. The van der Waals surface area contributed by atoms with Crippen LogP contribution in [0.5, 0.6) is 5.75 Å². The largest absolute Gasteiger partial charge is 0.496 e. The van der Waals surface area contributed by atoms with Gasteiger partial charge in [-0.15, -0.1) is 0 Å². The van der Waals surface area contributed by atoms with Crippen LogP contribution in [0, 0.1) is 6.92 Å². The molecule has 0 aliphatic heterocycles. The van der Waals surface area contributed by atoms with Crippen LogP contribution in [0.2, 0.25) is 0 Å². The van der Waals surface area contributed by atoms with E-state index >= 15 is 0 Å². The van der Waals surface area contributed by atoms with Crippen molar-refractivity contribution >= 4 is 0 Å². The predicted octanol–water partition coefficient (Wildman–Crippen LogP) is 4.73. The molecule has 0 saturated carbocycles. The Morgan fingerprint density at radius 3 is 2.33 bits per heavy atom. The van der Waals surface area contributed by atoms with Gasteiger partial charge in [0.2, 0.25) is 0 Å². The van der Waals surface area contributed by atoms with Crippen molar-refractivity contribution in [3.05, 3.63) is 53.6 Å². The molecule has 0 amide bonds. The Hall–Kier alpha value is -1.80. The summed E-state index contributed by atoms with van der Waals surface area (Å²) in [5, 5.41) is 3.51. The van der Waals surface area contributed by atoms with Crippen LogP contribution in [-0.4, -0.2) is 13.7 Å². The van der Waals surface area contributed by atoms with Crippen LogP contribution in [0.25, 0.3) is 11.1 Å². The van der Waals surface area contributed by atoms with E-state index in [2.05, 4.69) is 62.5 Å². The smallest absolute Gasteiger partial charge is 0.126 e. The van der Waals surface area contributed by atoms with E-state index in [1.165, 1.54) is 16.7 Å². The molecule has 1 atom stereocenters. The molecule has 2 rings (SSSR count). The van der Waals surface area contributed by atoms with E-state index in [0.717, 1.165) is 24.3 Å². The molecule has 2 heteroatoms. The molecule has 0 heterocycles. The fraction of sp³-hybridized carbons (Fsp3) is 0.368. The number of hydrogen-bond acceptors (Lipinski definition) is 2. The van der Waals surface area contributed by atoms with Crippen molar-refractivity contribution in [2.45, 2.75) is 33.2 Å². The third kappa shape index (κ3) is 3.64. The number of benzene rings is 2. The molecule has 1 unspecified atom stereocenters. The van der Waals surface area contributed by atoms with Crippen molar-refractivity contribution < 1.29 is 4.74 Å². The first kappa shape index (κ1) is 15.6. The lowest BCUT2D eigenvalue weighted by atomic mass is 9.98. The minimum atomic E-state index is 0.434. The fourth-order valence-electron chi connectivity index (χ4n) is 2.69. The molecule has 2 aromatic rings. The van der Waals surface area contributed by atoms with E-state index in [1.54, 1.807) is 7.11 Å². The van der Waals surface area contributed by atoms with Crippen molar-refractivity contribution in [1.29, 1.82) is 0 Å². The van der Waals surface area contributed by atoms with E-state index in [1.807, 2.05) is 6.07 Å². The number of methoxy groups -OCH3 is 1. The van der Waals surface area contributed by atoms with E-state index in [9.17, 15) is 0 Å². The highest BCUT2D eigenvalue weighted by Gasteiger charge is 2.09. The van der Waals surface area contributed by atoms with E-state index in [0.29, 0.717) is 6.04 Å². The zero-order valence-electron chi connectivity index (χ0n) is 13.4. The second-order valence-corrected chi connectivity index (χ2v) is 5.34. The molecular weight excluding hydrogens is 258 g/mol. The Morgan fingerprint density at radius 2 is 1.76 bits per heavy atom. The van der Waals surface area contributed by atoms with Crippen molar-refractivity contribution in [2.24, 2.45) is 0 Å². The zero-order chi connectivity index (χ0) is 15.2. The quantitative estimate of drug-likeness (QED) is 0.827. The van der Waals surface area contributed by atoms with Crippen molar-refractivity contribution in [1.82, 2.24) is 5.32 Å². The maximum Gasteiger partial charge on any atom is 0.126 e. The molecule has 0 fully saturated rings. The lowest BCUT2D eigenvalue weighted by Crippen LogP contribution is -2.19. The highest BCUT2D eigenvalue weighted by molar-refractivity contribution is 5.71. The first-order valence-electron chi connectivity index (χ1n) is 7.68. The van der Waals surface area contributed by atoms with Gasteiger partial charge in [0, 0.05) is 11.6 Å². The Bertz CT molecular complexity index is 575. The molecule has 21 heavy (non-hydrogen) atoms. The molecule has 2 nitrogen and oxygen atoms in total. The van der Waals surface area contributed by atoms with Crippen molar-refractivity contribution in [3.8, 4) is 16.9 Å². The number of nitrogens with one attached hydrogen (secondary N) is 1. The van der Waals surface area contributed by atoms with Gasteiger partial charge in [-0.2, -0.15) is 0 Å². The molecule has 112 valence electrons.